The van der Waals surface area contributed by atoms with Crippen LogP contribution in [0, 0.1) is 0 Å². The Hall–Kier alpha value is -2.15. The molecule has 2 aromatic heterocycles. The number of primary amides is 1. The van der Waals surface area contributed by atoms with Gasteiger partial charge in [0.05, 0.1) is 16.9 Å². The molecule has 0 aliphatic heterocycles. The lowest BCUT2D eigenvalue weighted by atomic mass is 10.2. The highest BCUT2D eigenvalue weighted by atomic mass is 32.1. The number of aromatic nitrogens is 1. The second-order valence-corrected chi connectivity index (χ2v) is 4.90. The standard InChI is InChI=1S/C11H12N4O2S/c1-15(5-8(12)16)11(17)10-9(13)6-2-3-14-4-7(6)18-10/h2-4H,5,13H2,1H3,(H2,12,16). The van der Waals surface area contributed by atoms with Gasteiger partial charge in [-0.05, 0) is 6.07 Å². The molecule has 0 saturated heterocycles. The van der Waals surface area contributed by atoms with Gasteiger partial charge >= 0.3 is 0 Å². The predicted molar refractivity (Wildman–Crippen MR) is 70.2 cm³/mol. The third-order valence-corrected chi connectivity index (χ3v) is 3.61. The molecule has 0 spiro atoms. The van der Waals surface area contributed by atoms with Gasteiger partial charge in [-0.1, -0.05) is 0 Å². The van der Waals surface area contributed by atoms with E-state index in [0.717, 1.165) is 10.1 Å². The number of nitrogens with zero attached hydrogens (tertiary/aromatic N) is 2. The molecule has 0 unspecified atom stereocenters. The summed E-state index contributed by atoms with van der Waals surface area (Å²) >= 11 is 1.26. The Kier molecular flexibility index (Phi) is 3.15. The van der Waals surface area contributed by atoms with Gasteiger partial charge < -0.3 is 16.4 Å². The van der Waals surface area contributed by atoms with Crippen LogP contribution in [0.15, 0.2) is 18.5 Å². The van der Waals surface area contributed by atoms with Crippen LogP contribution >= 0.6 is 11.3 Å². The summed E-state index contributed by atoms with van der Waals surface area (Å²) in [6.45, 7) is -0.134. The zero-order valence-corrected chi connectivity index (χ0v) is 10.5. The summed E-state index contributed by atoms with van der Waals surface area (Å²) in [6, 6.07) is 1.76. The summed E-state index contributed by atoms with van der Waals surface area (Å²) in [7, 11) is 1.51. The zero-order chi connectivity index (χ0) is 13.3. The van der Waals surface area contributed by atoms with Crippen molar-refractivity contribution < 1.29 is 9.59 Å². The summed E-state index contributed by atoms with van der Waals surface area (Å²) in [5.41, 5.74) is 11.4. The molecule has 4 N–H and O–H groups in total. The summed E-state index contributed by atoms with van der Waals surface area (Å²) in [4.78, 5) is 28.5. The smallest absolute Gasteiger partial charge is 0.266 e. The summed E-state index contributed by atoms with van der Waals surface area (Å²) in [5.74, 6) is -0.875. The van der Waals surface area contributed by atoms with Crippen molar-refractivity contribution in [2.75, 3.05) is 19.3 Å². The lowest BCUT2D eigenvalue weighted by molar-refractivity contribution is -0.118. The average Bonchev–Trinajstić information content (AvgIpc) is 2.66. The van der Waals surface area contributed by atoms with Crippen LogP contribution in [0.4, 0.5) is 5.69 Å². The molecule has 0 aromatic carbocycles. The van der Waals surface area contributed by atoms with Crippen LogP contribution in [0.25, 0.3) is 10.1 Å². The first kappa shape index (κ1) is 12.3. The Morgan fingerprint density at radius 1 is 1.50 bits per heavy atom. The van der Waals surface area contributed by atoms with Crippen molar-refractivity contribution in [3.63, 3.8) is 0 Å². The van der Waals surface area contributed by atoms with Crippen molar-refractivity contribution in [3.05, 3.63) is 23.3 Å². The third kappa shape index (κ3) is 2.12. The Morgan fingerprint density at radius 3 is 2.83 bits per heavy atom. The highest BCUT2D eigenvalue weighted by Crippen LogP contribution is 2.33. The molecule has 0 radical (unpaired) electrons. The van der Waals surface area contributed by atoms with Gasteiger partial charge in [0.1, 0.15) is 4.88 Å². The fourth-order valence-corrected chi connectivity index (χ4v) is 2.69. The first-order valence-electron chi connectivity index (χ1n) is 5.16. The first-order chi connectivity index (χ1) is 8.50. The van der Waals surface area contributed by atoms with Gasteiger partial charge in [0.2, 0.25) is 5.91 Å². The van der Waals surface area contributed by atoms with Gasteiger partial charge in [0.25, 0.3) is 5.91 Å². The summed E-state index contributed by atoms with van der Waals surface area (Å²) < 4.78 is 0.839. The fraction of sp³-hybridized carbons (Fsp3) is 0.182. The Labute approximate surface area is 107 Å². The van der Waals surface area contributed by atoms with E-state index >= 15 is 0 Å². The maximum atomic E-state index is 12.1. The molecule has 0 aliphatic carbocycles. The van der Waals surface area contributed by atoms with E-state index in [4.69, 9.17) is 11.5 Å². The molecule has 0 fully saturated rings. The number of pyridine rings is 1. The zero-order valence-electron chi connectivity index (χ0n) is 9.71. The van der Waals surface area contributed by atoms with Crippen molar-refractivity contribution in [1.29, 1.82) is 0 Å². The van der Waals surface area contributed by atoms with Crippen molar-refractivity contribution in [2.45, 2.75) is 0 Å². The Morgan fingerprint density at radius 2 is 2.22 bits per heavy atom. The molecule has 0 atom stereocenters. The summed E-state index contributed by atoms with van der Waals surface area (Å²) in [5, 5.41) is 0.797. The molecule has 18 heavy (non-hydrogen) atoms. The second kappa shape index (κ2) is 4.61. The number of carbonyl (C=O) groups is 2. The number of fused-ring (bicyclic) bond motifs is 1. The quantitative estimate of drug-likeness (QED) is 0.839. The minimum Gasteiger partial charge on any atom is -0.397 e. The third-order valence-electron chi connectivity index (χ3n) is 2.47. The topological polar surface area (TPSA) is 102 Å². The number of thiophene rings is 1. The molecule has 2 rings (SSSR count). The molecule has 2 heterocycles. The van der Waals surface area contributed by atoms with Gasteiger partial charge in [-0.25, -0.2) is 0 Å². The Bertz CT molecular complexity index is 623. The Balaban J connectivity index is 2.39. The highest BCUT2D eigenvalue weighted by Gasteiger charge is 2.20. The average molecular weight is 264 g/mol. The number of nitrogens with two attached hydrogens (primary N) is 2. The van der Waals surface area contributed by atoms with Crippen LogP contribution in [0.5, 0.6) is 0 Å². The van der Waals surface area contributed by atoms with E-state index in [9.17, 15) is 9.59 Å². The molecular formula is C11H12N4O2S. The van der Waals surface area contributed by atoms with Crippen LogP contribution in [-0.2, 0) is 4.79 Å². The molecule has 2 amide bonds. The van der Waals surface area contributed by atoms with Crippen molar-refractivity contribution >= 4 is 38.9 Å². The number of anilines is 1. The minimum atomic E-state index is -0.563. The van der Waals surface area contributed by atoms with E-state index in [1.807, 2.05) is 0 Å². The SMILES string of the molecule is CN(CC(N)=O)C(=O)c1sc2cnccc2c1N. The number of rotatable bonds is 3. The monoisotopic (exact) mass is 264 g/mol. The van der Waals surface area contributed by atoms with E-state index in [1.165, 1.54) is 23.3 Å². The molecule has 6 nitrogen and oxygen atoms in total. The van der Waals surface area contributed by atoms with Crippen LogP contribution < -0.4 is 11.5 Å². The fourth-order valence-electron chi connectivity index (χ4n) is 1.61. The van der Waals surface area contributed by atoms with Crippen molar-refractivity contribution in [3.8, 4) is 0 Å². The van der Waals surface area contributed by atoms with Crippen LogP contribution in [0.3, 0.4) is 0 Å². The molecule has 0 saturated carbocycles. The maximum absolute atomic E-state index is 12.1. The van der Waals surface area contributed by atoms with Gasteiger partial charge in [-0.3, -0.25) is 14.6 Å². The van der Waals surface area contributed by atoms with Gasteiger partial charge in [-0.2, -0.15) is 0 Å². The predicted octanol–water partition coefficient (Wildman–Crippen LogP) is 0.436. The normalized spacial score (nSPS) is 10.5. The van der Waals surface area contributed by atoms with E-state index in [-0.39, 0.29) is 12.5 Å². The van der Waals surface area contributed by atoms with Gasteiger partial charge in [0.15, 0.2) is 0 Å². The van der Waals surface area contributed by atoms with Crippen molar-refractivity contribution in [1.82, 2.24) is 9.88 Å². The molecule has 2 aromatic rings. The van der Waals surface area contributed by atoms with Crippen LogP contribution in [0.1, 0.15) is 9.67 Å². The largest absolute Gasteiger partial charge is 0.397 e. The number of hydrogen-bond acceptors (Lipinski definition) is 5. The molecule has 7 heteroatoms. The number of carbonyl (C=O) groups excluding carboxylic acids is 2. The number of amides is 2. The first-order valence-corrected chi connectivity index (χ1v) is 5.98. The minimum absolute atomic E-state index is 0.134. The highest BCUT2D eigenvalue weighted by molar-refractivity contribution is 7.21. The second-order valence-electron chi connectivity index (χ2n) is 3.84. The van der Waals surface area contributed by atoms with Gasteiger partial charge in [0, 0.05) is 24.8 Å². The van der Waals surface area contributed by atoms with E-state index in [1.54, 1.807) is 18.5 Å². The maximum Gasteiger partial charge on any atom is 0.266 e. The lowest BCUT2D eigenvalue weighted by Gasteiger charge is -2.14. The van der Waals surface area contributed by atoms with Gasteiger partial charge in [-0.15, -0.1) is 11.3 Å². The summed E-state index contributed by atoms with van der Waals surface area (Å²) in [6.07, 6.45) is 3.27. The van der Waals surface area contributed by atoms with Crippen LogP contribution in [0.2, 0.25) is 0 Å². The number of nitrogen functional groups attached to an aromatic ring is 1. The lowest BCUT2D eigenvalue weighted by Crippen LogP contribution is -2.35. The number of hydrogen-bond donors (Lipinski definition) is 2. The molecule has 94 valence electrons. The van der Waals surface area contributed by atoms with Crippen LogP contribution in [-0.4, -0.2) is 35.3 Å². The van der Waals surface area contributed by atoms with Crippen molar-refractivity contribution in [2.24, 2.45) is 5.73 Å². The van der Waals surface area contributed by atoms with E-state index < -0.39 is 5.91 Å². The van der Waals surface area contributed by atoms with E-state index in [0.29, 0.717) is 10.6 Å². The molecule has 0 aliphatic rings. The van der Waals surface area contributed by atoms with E-state index in [2.05, 4.69) is 4.98 Å². The molecular weight excluding hydrogens is 252 g/mol. The molecule has 0 bridgehead atoms. The number of likely N-dealkylation sites (N-methyl/N-ethyl adjacent to an activating group) is 1.